The van der Waals surface area contributed by atoms with Gasteiger partial charge in [0.25, 0.3) is 0 Å². The summed E-state index contributed by atoms with van der Waals surface area (Å²) in [5.74, 6) is -1.42. The Morgan fingerprint density at radius 3 is 2.45 bits per heavy atom. The van der Waals surface area contributed by atoms with Crippen molar-refractivity contribution in [1.29, 1.82) is 0 Å². The summed E-state index contributed by atoms with van der Waals surface area (Å²) < 4.78 is 10.3. The van der Waals surface area contributed by atoms with Gasteiger partial charge >= 0.3 is 11.9 Å². The molecule has 6 heteroatoms. The Morgan fingerprint density at radius 2 is 1.86 bits per heavy atom. The second-order valence-corrected chi connectivity index (χ2v) is 5.98. The minimum atomic E-state index is -0.709. The molecule has 0 saturated carbocycles. The van der Waals surface area contributed by atoms with Gasteiger partial charge in [0.15, 0.2) is 0 Å². The van der Waals surface area contributed by atoms with Crippen LogP contribution in [0.15, 0.2) is 22.2 Å². The number of methoxy groups -OCH3 is 2. The lowest BCUT2D eigenvalue weighted by Gasteiger charge is -2.29. The number of rotatable bonds is 3. The van der Waals surface area contributed by atoms with E-state index in [0.717, 1.165) is 35.1 Å². The summed E-state index contributed by atoms with van der Waals surface area (Å²) in [4.78, 5) is 25.8. The fourth-order valence-electron chi connectivity index (χ4n) is 2.64. The fourth-order valence-corrected chi connectivity index (χ4v) is 3.16. The van der Waals surface area contributed by atoms with Crippen molar-refractivity contribution in [1.82, 2.24) is 0 Å². The van der Waals surface area contributed by atoms with E-state index in [0.29, 0.717) is 0 Å². The average molecular weight is 368 g/mol. The highest BCUT2D eigenvalue weighted by molar-refractivity contribution is 9.10. The molecule has 0 amide bonds. The van der Waals surface area contributed by atoms with Gasteiger partial charge < -0.3 is 14.4 Å². The number of nitrogens with zero attached hydrogens (tertiary/aromatic N) is 1. The Morgan fingerprint density at radius 1 is 1.23 bits per heavy atom. The van der Waals surface area contributed by atoms with E-state index in [-0.39, 0.29) is 5.57 Å². The van der Waals surface area contributed by atoms with E-state index in [1.165, 1.54) is 25.9 Å². The molecular weight excluding hydrogens is 350 g/mol. The van der Waals surface area contributed by atoms with Crippen LogP contribution in [-0.2, 0) is 25.5 Å². The first kappa shape index (κ1) is 16.5. The predicted octanol–water partition coefficient (Wildman–Crippen LogP) is 2.56. The summed E-state index contributed by atoms with van der Waals surface area (Å²) in [5.41, 5.74) is 2.88. The molecule has 22 heavy (non-hydrogen) atoms. The first-order valence-electron chi connectivity index (χ1n) is 6.89. The first-order chi connectivity index (χ1) is 10.5. The molecule has 0 atom stereocenters. The standard InChI is InChI=1S/C16H18BrNO4/c1-18-6-4-5-10-7-12(17)8-11(14(10)18)9-13(15(19)21-2)16(20)22-3/h7-9H,4-6H2,1-3H3. The monoisotopic (exact) mass is 367 g/mol. The van der Waals surface area contributed by atoms with Crippen molar-refractivity contribution in [2.24, 2.45) is 0 Å². The molecule has 1 aromatic carbocycles. The van der Waals surface area contributed by atoms with Crippen molar-refractivity contribution in [3.05, 3.63) is 33.3 Å². The molecule has 0 saturated heterocycles. The summed E-state index contributed by atoms with van der Waals surface area (Å²) in [6.45, 7) is 0.932. The third-order valence-electron chi connectivity index (χ3n) is 3.61. The molecule has 0 radical (unpaired) electrons. The minimum absolute atomic E-state index is 0.121. The maximum absolute atomic E-state index is 11.8. The second-order valence-electron chi connectivity index (χ2n) is 5.07. The zero-order chi connectivity index (χ0) is 16.3. The van der Waals surface area contributed by atoms with Crippen molar-refractivity contribution >= 4 is 39.6 Å². The highest BCUT2D eigenvalue weighted by atomic mass is 79.9. The van der Waals surface area contributed by atoms with E-state index >= 15 is 0 Å². The molecular formula is C16H18BrNO4. The van der Waals surface area contributed by atoms with Gasteiger partial charge in [0, 0.05) is 29.3 Å². The largest absolute Gasteiger partial charge is 0.465 e. The van der Waals surface area contributed by atoms with E-state index in [9.17, 15) is 9.59 Å². The van der Waals surface area contributed by atoms with Crippen LogP contribution in [0.4, 0.5) is 5.69 Å². The van der Waals surface area contributed by atoms with Crippen molar-refractivity contribution in [2.45, 2.75) is 12.8 Å². The highest BCUT2D eigenvalue weighted by Gasteiger charge is 2.23. The molecule has 0 N–H and O–H groups in total. The molecule has 1 aliphatic rings. The normalized spacial score (nSPS) is 13.2. The van der Waals surface area contributed by atoms with Gasteiger partial charge in [-0.2, -0.15) is 0 Å². The number of carbonyl (C=O) groups is 2. The second kappa shape index (κ2) is 6.96. The number of carbonyl (C=O) groups excluding carboxylic acids is 2. The Kier molecular flexibility index (Phi) is 5.24. The van der Waals surface area contributed by atoms with E-state index in [4.69, 9.17) is 0 Å². The number of aryl methyl sites for hydroxylation is 1. The number of benzene rings is 1. The summed E-state index contributed by atoms with van der Waals surface area (Å²) in [5, 5.41) is 0. The number of esters is 2. The zero-order valence-electron chi connectivity index (χ0n) is 12.8. The quantitative estimate of drug-likeness (QED) is 0.355. The highest BCUT2D eigenvalue weighted by Crippen LogP contribution is 2.34. The number of hydrogen-bond acceptors (Lipinski definition) is 5. The summed E-state index contributed by atoms with van der Waals surface area (Å²) in [6, 6.07) is 3.95. The van der Waals surface area contributed by atoms with Crippen LogP contribution < -0.4 is 4.90 Å². The third kappa shape index (κ3) is 3.32. The van der Waals surface area contributed by atoms with E-state index in [1.807, 2.05) is 13.1 Å². The minimum Gasteiger partial charge on any atom is -0.465 e. The third-order valence-corrected chi connectivity index (χ3v) is 4.07. The van der Waals surface area contributed by atoms with Gasteiger partial charge in [-0.05, 0) is 36.6 Å². The van der Waals surface area contributed by atoms with E-state index < -0.39 is 11.9 Å². The molecule has 0 spiro atoms. The maximum atomic E-state index is 11.8. The molecule has 0 fully saturated rings. The molecule has 1 heterocycles. The summed E-state index contributed by atoms with van der Waals surface area (Å²) in [6.07, 6.45) is 3.57. The fraction of sp³-hybridized carbons (Fsp3) is 0.375. The van der Waals surface area contributed by atoms with E-state index in [1.54, 1.807) is 0 Å². The number of hydrogen-bond donors (Lipinski definition) is 0. The molecule has 1 aromatic rings. The first-order valence-corrected chi connectivity index (χ1v) is 7.69. The predicted molar refractivity (Wildman–Crippen MR) is 87.7 cm³/mol. The Hall–Kier alpha value is -1.82. The molecule has 118 valence electrons. The summed E-state index contributed by atoms with van der Waals surface area (Å²) >= 11 is 3.48. The number of ether oxygens (including phenoxy) is 2. The SMILES string of the molecule is COC(=O)C(=Cc1cc(Br)cc2c1N(C)CCC2)C(=O)OC. The zero-order valence-corrected chi connectivity index (χ0v) is 14.4. The molecule has 0 aromatic heterocycles. The van der Waals surface area contributed by atoms with Crippen molar-refractivity contribution < 1.29 is 19.1 Å². The van der Waals surface area contributed by atoms with Crippen LogP contribution in [0.1, 0.15) is 17.5 Å². The van der Waals surface area contributed by atoms with Crippen LogP contribution in [0, 0.1) is 0 Å². The Bertz CT molecular complexity index is 621. The Balaban J connectivity index is 2.59. The smallest absolute Gasteiger partial charge is 0.345 e. The van der Waals surface area contributed by atoms with Gasteiger partial charge in [-0.1, -0.05) is 15.9 Å². The lowest BCUT2D eigenvalue weighted by molar-refractivity contribution is -0.143. The van der Waals surface area contributed by atoms with Crippen LogP contribution in [0.5, 0.6) is 0 Å². The van der Waals surface area contributed by atoms with Gasteiger partial charge in [0.1, 0.15) is 5.57 Å². The van der Waals surface area contributed by atoms with Crippen LogP contribution in [0.25, 0.3) is 6.08 Å². The van der Waals surface area contributed by atoms with Gasteiger partial charge in [-0.3, -0.25) is 0 Å². The molecule has 0 bridgehead atoms. The van der Waals surface area contributed by atoms with Gasteiger partial charge in [0.05, 0.1) is 14.2 Å². The van der Waals surface area contributed by atoms with Crippen molar-refractivity contribution in [3.63, 3.8) is 0 Å². The van der Waals surface area contributed by atoms with Crippen LogP contribution in [0.3, 0.4) is 0 Å². The summed E-state index contributed by atoms with van der Waals surface area (Å²) in [7, 11) is 4.47. The van der Waals surface area contributed by atoms with E-state index in [2.05, 4.69) is 36.4 Å². The topological polar surface area (TPSA) is 55.8 Å². The van der Waals surface area contributed by atoms with Crippen LogP contribution >= 0.6 is 15.9 Å². The van der Waals surface area contributed by atoms with Crippen LogP contribution in [-0.4, -0.2) is 39.8 Å². The van der Waals surface area contributed by atoms with Crippen molar-refractivity contribution in [2.75, 3.05) is 32.7 Å². The number of halogens is 1. The van der Waals surface area contributed by atoms with Gasteiger partial charge in [-0.25, -0.2) is 9.59 Å². The van der Waals surface area contributed by atoms with Crippen LogP contribution in [0.2, 0.25) is 0 Å². The lowest BCUT2D eigenvalue weighted by Crippen LogP contribution is -2.26. The molecule has 0 aliphatic carbocycles. The molecule has 0 unspecified atom stereocenters. The van der Waals surface area contributed by atoms with Crippen molar-refractivity contribution in [3.8, 4) is 0 Å². The lowest BCUT2D eigenvalue weighted by atomic mass is 9.97. The van der Waals surface area contributed by atoms with Gasteiger partial charge in [-0.15, -0.1) is 0 Å². The molecule has 1 aliphatic heterocycles. The Labute approximate surface area is 138 Å². The molecule has 2 rings (SSSR count). The maximum Gasteiger partial charge on any atom is 0.345 e. The number of fused-ring (bicyclic) bond motifs is 1. The molecule has 5 nitrogen and oxygen atoms in total. The number of anilines is 1. The average Bonchev–Trinajstić information content (AvgIpc) is 2.50. The van der Waals surface area contributed by atoms with Gasteiger partial charge in [0.2, 0.25) is 0 Å².